The molecule has 1 N–H and O–H groups in total. The van der Waals surface area contributed by atoms with Crippen molar-refractivity contribution >= 4 is 23.2 Å². The summed E-state index contributed by atoms with van der Waals surface area (Å²) in [4.78, 5) is 13.9. The molecule has 1 aliphatic rings. The monoisotopic (exact) mass is 364 g/mol. The molecule has 0 saturated carbocycles. The highest BCUT2D eigenvalue weighted by molar-refractivity contribution is 6.32. The normalized spacial score (nSPS) is 13.0. The van der Waals surface area contributed by atoms with Crippen molar-refractivity contribution in [3.8, 4) is 11.5 Å². The summed E-state index contributed by atoms with van der Waals surface area (Å²) in [6, 6.07) is 9.46. The second-order valence-electron chi connectivity index (χ2n) is 5.83. The molecule has 1 heterocycles. The van der Waals surface area contributed by atoms with Gasteiger partial charge in [0.15, 0.2) is 11.5 Å². The Labute approximate surface area is 150 Å². The first-order chi connectivity index (χ1) is 12.0. The van der Waals surface area contributed by atoms with Crippen LogP contribution in [0.5, 0.6) is 11.5 Å². The molecule has 0 radical (unpaired) electrons. The van der Waals surface area contributed by atoms with Crippen molar-refractivity contribution in [3.05, 3.63) is 52.8 Å². The van der Waals surface area contributed by atoms with Gasteiger partial charge in [-0.25, -0.2) is 4.39 Å². The summed E-state index contributed by atoms with van der Waals surface area (Å²) < 4.78 is 24.2. The number of carbonyl (C=O) groups is 1. The van der Waals surface area contributed by atoms with E-state index in [0.717, 1.165) is 5.56 Å². The number of anilines is 1. The molecule has 25 heavy (non-hydrogen) atoms. The number of halogens is 2. The topological polar surface area (TPSA) is 50.8 Å². The Kier molecular flexibility index (Phi) is 5.40. The highest BCUT2D eigenvalue weighted by Crippen LogP contribution is 2.38. The lowest BCUT2D eigenvalue weighted by Gasteiger charge is -2.22. The van der Waals surface area contributed by atoms with Crippen molar-refractivity contribution in [2.45, 2.75) is 6.54 Å². The standard InChI is InChI=1S/C18H18ClFN2O3/c1-22(11-17(23)21-14-4-2-3-13(20)9-14)10-12-7-15(19)18-16(8-12)24-5-6-25-18/h2-4,7-9H,5-6,10-11H2,1H3,(H,21,23). The number of nitrogens with one attached hydrogen (secondary N) is 1. The van der Waals surface area contributed by atoms with E-state index in [4.69, 9.17) is 21.1 Å². The lowest BCUT2D eigenvalue weighted by atomic mass is 10.2. The fourth-order valence-corrected chi connectivity index (χ4v) is 2.92. The smallest absolute Gasteiger partial charge is 0.238 e. The first kappa shape index (κ1) is 17.5. The summed E-state index contributed by atoms with van der Waals surface area (Å²) in [6.45, 7) is 1.63. The van der Waals surface area contributed by atoms with Crippen molar-refractivity contribution < 1.29 is 18.7 Å². The molecule has 0 aromatic heterocycles. The Balaban J connectivity index is 1.59. The van der Waals surface area contributed by atoms with Crippen LogP contribution in [0.1, 0.15) is 5.56 Å². The van der Waals surface area contributed by atoms with Crippen LogP contribution in [0.3, 0.4) is 0 Å². The van der Waals surface area contributed by atoms with E-state index in [9.17, 15) is 9.18 Å². The van der Waals surface area contributed by atoms with Crippen LogP contribution in [0.15, 0.2) is 36.4 Å². The van der Waals surface area contributed by atoms with Gasteiger partial charge in [-0.05, 0) is 42.9 Å². The van der Waals surface area contributed by atoms with E-state index in [1.165, 1.54) is 12.1 Å². The van der Waals surface area contributed by atoms with Gasteiger partial charge in [0.2, 0.25) is 5.91 Å². The Hall–Kier alpha value is -2.31. The summed E-state index contributed by atoms with van der Waals surface area (Å²) in [7, 11) is 1.82. The zero-order chi connectivity index (χ0) is 17.8. The maximum Gasteiger partial charge on any atom is 0.238 e. The number of benzene rings is 2. The lowest BCUT2D eigenvalue weighted by Crippen LogP contribution is -2.30. The fraction of sp³-hybridized carbons (Fsp3) is 0.278. The minimum atomic E-state index is -0.392. The van der Waals surface area contributed by atoms with Crippen LogP contribution in [-0.4, -0.2) is 37.6 Å². The summed E-state index contributed by atoms with van der Waals surface area (Å²) in [6.07, 6.45) is 0. The third-order valence-electron chi connectivity index (χ3n) is 3.63. The van der Waals surface area contributed by atoms with Crippen LogP contribution in [0.4, 0.5) is 10.1 Å². The maximum atomic E-state index is 13.1. The minimum absolute atomic E-state index is 0.155. The number of amides is 1. The first-order valence-corrected chi connectivity index (χ1v) is 8.21. The van der Waals surface area contributed by atoms with Gasteiger partial charge >= 0.3 is 0 Å². The van der Waals surface area contributed by atoms with Gasteiger partial charge in [-0.1, -0.05) is 17.7 Å². The molecule has 132 valence electrons. The number of rotatable bonds is 5. The minimum Gasteiger partial charge on any atom is -0.486 e. The Morgan fingerprint density at radius 2 is 2.08 bits per heavy atom. The molecule has 0 fully saturated rings. The number of fused-ring (bicyclic) bond motifs is 1. The molecule has 2 aromatic rings. The van der Waals surface area contributed by atoms with E-state index in [-0.39, 0.29) is 12.5 Å². The van der Waals surface area contributed by atoms with Gasteiger partial charge in [-0.2, -0.15) is 0 Å². The molecule has 0 saturated heterocycles. The van der Waals surface area contributed by atoms with Crippen molar-refractivity contribution in [1.29, 1.82) is 0 Å². The molecule has 7 heteroatoms. The predicted molar refractivity (Wildman–Crippen MR) is 93.8 cm³/mol. The fourth-order valence-electron chi connectivity index (χ4n) is 2.64. The number of likely N-dealkylation sites (N-methyl/N-ethyl adjacent to an activating group) is 1. The summed E-state index contributed by atoms with van der Waals surface area (Å²) in [5.41, 5.74) is 1.34. The average Bonchev–Trinajstić information content (AvgIpc) is 2.54. The molecule has 0 bridgehead atoms. The van der Waals surface area contributed by atoms with Gasteiger partial charge in [-0.3, -0.25) is 9.69 Å². The Morgan fingerprint density at radius 3 is 2.88 bits per heavy atom. The average molecular weight is 365 g/mol. The zero-order valence-corrected chi connectivity index (χ0v) is 14.5. The summed E-state index contributed by atoms with van der Waals surface area (Å²) in [5, 5.41) is 3.16. The number of hydrogen-bond donors (Lipinski definition) is 1. The predicted octanol–water partition coefficient (Wildman–Crippen LogP) is 3.32. The number of hydrogen-bond acceptors (Lipinski definition) is 4. The molecular weight excluding hydrogens is 347 g/mol. The zero-order valence-electron chi connectivity index (χ0n) is 13.7. The SMILES string of the molecule is CN(CC(=O)Nc1cccc(F)c1)Cc1cc(Cl)c2c(c1)OCCO2. The maximum absolute atomic E-state index is 13.1. The van der Waals surface area contributed by atoms with E-state index < -0.39 is 5.82 Å². The molecular formula is C18H18ClFN2O3. The van der Waals surface area contributed by atoms with Gasteiger partial charge in [0.25, 0.3) is 0 Å². The Morgan fingerprint density at radius 1 is 1.28 bits per heavy atom. The molecule has 1 aliphatic heterocycles. The van der Waals surface area contributed by atoms with Gasteiger partial charge in [0.1, 0.15) is 19.0 Å². The van der Waals surface area contributed by atoms with Crippen LogP contribution in [0, 0.1) is 5.82 Å². The second kappa shape index (κ2) is 7.72. The van der Waals surface area contributed by atoms with Crippen molar-refractivity contribution in [1.82, 2.24) is 4.90 Å². The molecule has 0 aliphatic carbocycles. The van der Waals surface area contributed by atoms with E-state index >= 15 is 0 Å². The van der Waals surface area contributed by atoms with E-state index in [1.807, 2.05) is 18.0 Å². The van der Waals surface area contributed by atoms with E-state index in [0.29, 0.717) is 42.0 Å². The van der Waals surface area contributed by atoms with E-state index in [1.54, 1.807) is 18.2 Å². The molecule has 2 aromatic carbocycles. The van der Waals surface area contributed by atoms with Crippen molar-refractivity contribution in [2.24, 2.45) is 0 Å². The van der Waals surface area contributed by atoms with Crippen LogP contribution >= 0.6 is 11.6 Å². The lowest BCUT2D eigenvalue weighted by molar-refractivity contribution is -0.117. The summed E-state index contributed by atoms with van der Waals surface area (Å²) >= 11 is 6.22. The number of carbonyl (C=O) groups excluding carboxylic acids is 1. The molecule has 0 atom stereocenters. The van der Waals surface area contributed by atoms with Crippen LogP contribution in [0.25, 0.3) is 0 Å². The number of ether oxygens (including phenoxy) is 2. The third kappa shape index (κ3) is 4.61. The van der Waals surface area contributed by atoms with Crippen molar-refractivity contribution in [2.75, 3.05) is 32.1 Å². The molecule has 5 nitrogen and oxygen atoms in total. The van der Waals surface area contributed by atoms with Crippen molar-refractivity contribution in [3.63, 3.8) is 0 Å². The molecule has 0 spiro atoms. The quantitative estimate of drug-likeness (QED) is 0.884. The molecule has 0 unspecified atom stereocenters. The first-order valence-electron chi connectivity index (χ1n) is 7.83. The second-order valence-corrected chi connectivity index (χ2v) is 6.24. The van der Waals surface area contributed by atoms with Gasteiger partial charge in [-0.15, -0.1) is 0 Å². The van der Waals surface area contributed by atoms with Crippen LogP contribution in [-0.2, 0) is 11.3 Å². The number of nitrogens with zero attached hydrogens (tertiary/aromatic N) is 1. The van der Waals surface area contributed by atoms with Gasteiger partial charge < -0.3 is 14.8 Å². The third-order valence-corrected chi connectivity index (χ3v) is 3.91. The highest BCUT2D eigenvalue weighted by atomic mass is 35.5. The summed E-state index contributed by atoms with van der Waals surface area (Å²) in [5.74, 6) is 0.559. The van der Waals surface area contributed by atoms with Crippen LogP contribution in [0.2, 0.25) is 5.02 Å². The largest absolute Gasteiger partial charge is 0.486 e. The Bertz CT molecular complexity index is 785. The van der Waals surface area contributed by atoms with Gasteiger partial charge in [0.05, 0.1) is 11.6 Å². The van der Waals surface area contributed by atoms with Crippen LogP contribution < -0.4 is 14.8 Å². The van der Waals surface area contributed by atoms with Gasteiger partial charge in [0, 0.05) is 12.2 Å². The molecule has 1 amide bonds. The highest BCUT2D eigenvalue weighted by Gasteiger charge is 2.17. The van der Waals surface area contributed by atoms with E-state index in [2.05, 4.69) is 5.32 Å². The molecule has 3 rings (SSSR count).